The number of benzene rings is 2. The summed E-state index contributed by atoms with van der Waals surface area (Å²) >= 11 is 0. The molecule has 118 valence electrons. The van der Waals surface area contributed by atoms with Gasteiger partial charge in [0.1, 0.15) is 6.04 Å². The number of carbonyl (C=O) groups excluding carboxylic acids is 2. The van der Waals surface area contributed by atoms with Crippen molar-refractivity contribution >= 4 is 17.5 Å². The lowest BCUT2D eigenvalue weighted by atomic mass is 10.1. The number of hydrogen-bond acceptors (Lipinski definition) is 2. The van der Waals surface area contributed by atoms with Gasteiger partial charge in [0.2, 0.25) is 5.91 Å². The predicted octanol–water partition coefficient (Wildman–Crippen LogP) is 3.24. The summed E-state index contributed by atoms with van der Waals surface area (Å²) in [7, 11) is 0. The maximum absolute atomic E-state index is 12.8. The van der Waals surface area contributed by atoms with Crippen molar-refractivity contribution in [2.24, 2.45) is 0 Å². The standard InChI is InChI=1S/C19H20N2O2/c1-14-8-5-6-11-16(14)19(23)21-13-7-12-17(21)18(22)20-15-9-3-2-4-10-15/h2-6,8-11,17H,7,12-13H2,1H3,(H,20,22)/t17-/m0/s1. The van der Waals surface area contributed by atoms with Gasteiger partial charge in [-0.1, -0.05) is 36.4 Å². The molecule has 2 aromatic rings. The van der Waals surface area contributed by atoms with Crippen LogP contribution in [0.1, 0.15) is 28.8 Å². The van der Waals surface area contributed by atoms with E-state index in [4.69, 9.17) is 0 Å². The van der Waals surface area contributed by atoms with E-state index in [1.165, 1.54) is 0 Å². The van der Waals surface area contributed by atoms with Crippen LogP contribution in [0.4, 0.5) is 5.69 Å². The molecule has 4 heteroatoms. The molecule has 1 fully saturated rings. The SMILES string of the molecule is Cc1ccccc1C(=O)N1CCC[C@H]1C(=O)Nc1ccccc1. The highest BCUT2D eigenvalue weighted by Crippen LogP contribution is 2.23. The molecule has 23 heavy (non-hydrogen) atoms. The first-order chi connectivity index (χ1) is 11.2. The minimum Gasteiger partial charge on any atom is -0.327 e. The molecule has 1 atom stereocenters. The summed E-state index contributed by atoms with van der Waals surface area (Å²) in [4.78, 5) is 27.0. The summed E-state index contributed by atoms with van der Waals surface area (Å²) in [5, 5.41) is 2.90. The summed E-state index contributed by atoms with van der Waals surface area (Å²) in [6.07, 6.45) is 1.56. The number of nitrogens with one attached hydrogen (secondary N) is 1. The quantitative estimate of drug-likeness (QED) is 0.946. The molecule has 1 saturated heterocycles. The Morgan fingerprint density at radius 2 is 1.74 bits per heavy atom. The van der Waals surface area contributed by atoms with E-state index in [9.17, 15) is 9.59 Å². The van der Waals surface area contributed by atoms with Crippen molar-refractivity contribution in [1.29, 1.82) is 0 Å². The molecule has 0 spiro atoms. The number of para-hydroxylation sites is 1. The number of rotatable bonds is 3. The Bertz CT molecular complexity index is 712. The van der Waals surface area contributed by atoms with Crippen LogP contribution >= 0.6 is 0 Å². The number of aryl methyl sites for hydroxylation is 1. The van der Waals surface area contributed by atoms with Gasteiger partial charge >= 0.3 is 0 Å². The van der Waals surface area contributed by atoms with Crippen LogP contribution in [0.3, 0.4) is 0 Å². The molecule has 1 aliphatic rings. The van der Waals surface area contributed by atoms with E-state index in [1.54, 1.807) is 4.90 Å². The average Bonchev–Trinajstić information content (AvgIpc) is 3.05. The van der Waals surface area contributed by atoms with E-state index in [1.807, 2.05) is 61.5 Å². The molecule has 1 heterocycles. The largest absolute Gasteiger partial charge is 0.327 e. The predicted molar refractivity (Wildman–Crippen MR) is 90.3 cm³/mol. The molecule has 0 unspecified atom stereocenters. The molecular formula is C19H20N2O2. The molecule has 1 N–H and O–H groups in total. The Hall–Kier alpha value is -2.62. The minimum absolute atomic E-state index is 0.0613. The van der Waals surface area contributed by atoms with Crippen LogP contribution < -0.4 is 5.32 Å². The Balaban J connectivity index is 1.76. The fraction of sp³-hybridized carbons (Fsp3) is 0.263. The summed E-state index contributed by atoms with van der Waals surface area (Å²) in [6, 6.07) is 16.5. The molecule has 0 radical (unpaired) electrons. The van der Waals surface area contributed by atoms with E-state index >= 15 is 0 Å². The third kappa shape index (κ3) is 3.26. The number of anilines is 1. The van der Waals surface area contributed by atoms with Gasteiger partial charge in [-0.2, -0.15) is 0 Å². The van der Waals surface area contributed by atoms with Crippen LogP contribution in [0.2, 0.25) is 0 Å². The van der Waals surface area contributed by atoms with Gasteiger partial charge in [-0.05, 0) is 43.5 Å². The number of hydrogen-bond donors (Lipinski definition) is 1. The van der Waals surface area contributed by atoms with Crippen molar-refractivity contribution in [2.75, 3.05) is 11.9 Å². The third-order valence-corrected chi connectivity index (χ3v) is 4.23. The average molecular weight is 308 g/mol. The molecule has 3 rings (SSSR count). The second kappa shape index (κ2) is 6.65. The Labute approximate surface area is 136 Å². The van der Waals surface area contributed by atoms with Gasteiger partial charge < -0.3 is 10.2 Å². The van der Waals surface area contributed by atoms with Crippen LogP contribution in [0.15, 0.2) is 54.6 Å². The second-order valence-electron chi connectivity index (χ2n) is 5.83. The van der Waals surface area contributed by atoms with Crippen molar-refractivity contribution in [3.8, 4) is 0 Å². The first-order valence-corrected chi connectivity index (χ1v) is 7.89. The monoisotopic (exact) mass is 308 g/mol. The van der Waals surface area contributed by atoms with Crippen molar-refractivity contribution in [3.63, 3.8) is 0 Å². The van der Waals surface area contributed by atoms with E-state index < -0.39 is 6.04 Å². The Kier molecular flexibility index (Phi) is 4.42. The summed E-state index contributed by atoms with van der Waals surface area (Å²) in [5.41, 5.74) is 2.37. The van der Waals surface area contributed by atoms with Gasteiger partial charge in [-0.25, -0.2) is 0 Å². The fourth-order valence-electron chi connectivity index (χ4n) is 3.00. The normalized spacial score (nSPS) is 17.1. The zero-order chi connectivity index (χ0) is 16.2. The number of carbonyl (C=O) groups is 2. The van der Waals surface area contributed by atoms with Gasteiger partial charge in [-0.15, -0.1) is 0 Å². The van der Waals surface area contributed by atoms with Gasteiger partial charge in [-0.3, -0.25) is 9.59 Å². The van der Waals surface area contributed by atoms with Crippen LogP contribution in [0.25, 0.3) is 0 Å². The van der Waals surface area contributed by atoms with E-state index in [0.717, 1.165) is 17.7 Å². The molecule has 0 aliphatic carbocycles. The topological polar surface area (TPSA) is 49.4 Å². The summed E-state index contributed by atoms with van der Waals surface area (Å²) in [6.45, 7) is 2.54. The third-order valence-electron chi connectivity index (χ3n) is 4.23. The van der Waals surface area contributed by atoms with E-state index in [0.29, 0.717) is 18.5 Å². The number of amides is 2. The van der Waals surface area contributed by atoms with Crippen molar-refractivity contribution < 1.29 is 9.59 Å². The fourth-order valence-corrected chi connectivity index (χ4v) is 3.00. The Morgan fingerprint density at radius 3 is 2.48 bits per heavy atom. The van der Waals surface area contributed by atoms with Gasteiger partial charge in [0.05, 0.1) is 0 Å². The molecular weight excluding hydrogens is 288 g/mol. The van der Waals surface area contributed by atoms with E-state index in [2.05, 4.69) is 5.32 Å². The van der Waals surface area contributed by atoms with Crippen molar-refractivity contribution in [2.45, 2.75) is 25.8 Å². The number of nitrogens with zero attached hydrogens (tertiary/aromatic N) is 1. The molecule has 1 aliphatic heterocycles. The van der Waals surface area contributed by atoms with Crippen molar-refractivity contribution in [3.05, 3.63) is 65.7 Å². The first kappa shape index (κ1) is 15.3. The van der Waals surface area contributed by atoms with Gasteiger partial charge in [0.25, 0.3) is 5.91 Å². The highest BCUT2D eigenvalue weighted by atomic mass is 16.2. The van der Waals surface area contributed by atoms with E-state index in [-0.39, 0.29) is 11.8 Å². The van der Waals surface area contributed by atoms with Gasteiger partial charge in [0.15, 0.2) is 0 Å². The maximum atomic E-state index is 12.8. The zero-order valence-corrected chi connectivity index (χ0v) is 13.2. The summed E-state index contributed by atoms with van der Waals surface area (Å²) < 4.78 is 0. The smallest absolute Gasteiger partial charge is 0.254 e. The lowest BCUT2D eigenvalue weighted by molar-refractivity contribution is -0.119. The molecule has 0 aromatic heterocycles. The molecule has 2 amide bonds. The Morgan fingerprint density at radius 1 is 1.04 bits per heavy atom. The summed E-state index contributed by atoms with van der Waals surface area (Å²) in [5.74, 6) is -0.176. The molecule has 2 aromatic carbocycles. The van der Waals surface area contributed by atoms with Gasteiger partial charge in [0, 0.05) is 17.8 Å². The minimum atomic E-state index is -0.401. The number of likely N-dealkylation sites (tertiary alicyclic amines) is 1. The highest BCUT2D eigenvalue weighted by Gasteiger charge is 2.34. The van der Waals surface area contributed by atoms with Crippen molar-refractivity contribution in [1.82, 2.24) is 4.90 Å². The van der Waals surface area contributed by atoms with Crippen LogP contribution in [0, 0.1) is 6.92 Å². The lowest BCUT2D eigenvalue weighted by Gasteiger charge is -2.24. The lowest BCUT2D eigenvalue weighted by Crippen LogP contribution is -2.43. The molecule has 0 saturated carbocycles. The van der Waals surface area contributed by atoms with Crippen LogP contribution in [-0.2, 0) is 4.79 Å². The maximum Gasteiger partial charge on any atom is 0.254 e. The second-order valence-corrected chi connectivity index (χ2v) is 5.83. The molecule has 4 nitrogen and oxygen atoms in total. The molecule has 0 bridgehead atoms. The van der Waals surface area contributed by atoms with Crippen LogP contribution in [-0.4, -0.2) is 29.3 Å². The first-order valence-electron chi connectivity index (χ1n) is 7.89. The zero-order valence-electron chi connectivity index (χ0n) is 13.2. The highest BCUT2D eigenvalue weighted by molar-refractivity contribution is 6.02. The van der Waals surface area contributed by atoms with Crippen LogP contribution in [0.5, 0.6) is 0 Å².